The first kappa shape index (κ1) is 21.7. The van der Waals surface area contributed by atoms with Crippen molar-refractivity contribution >= 4 is 17.7 Å². The Hall–Kier alpha value is -2.63. The Kier molecular flexibility index (Phi) is 7.38. The number of nitrogens with one attached hydrogen (secondary N) is 1. The number of carbonyl (C=O) groups excluding carboxylic acids is 1. The molecule has 1 aromatic carbocycles. The number of thioether (sulfide) groups is 1. The molecule has 0 aliphatic carbocycles. The largest absolute Gasteiger partial charge is 0.493 e. The Bertz CT molecular complexity index is 820. The lowest BCUT2D eigenvalue weighted by atomic mass is 10.2. The normalized spacial score (nSPS) is 11.4. The van der Waals surface area contributed by atoms with Gasteiger partial charge in [0, 0.05) is 12.7 Å². The highest BCUT2D eigenvalue weighted by atomic mass is 32.2. The quantitative estimate of drug-likeness (QED) is 0.398. The number of amides is 1. The molecule has 12 heteroatoms. The highest BCUT2D eigenvalue weighted by molar-refractivity contribution is 7.99. The van der Waals surface area contributed by atoms with Gasteiger partial charge in [0.05, 0.1) is 12.9 Å². The van der Waals surface area contributed by atoms with E-state index in [9.17, 15) is 26.7 Å². The number of alkyl halides is 5. The van der Waals surface area contributed by atoms with Crippen LogP contribution in [0.15, 0.2) is 35.6 Å². The lowest BCUT2D eigenvalue weighted by molar-refractivity contribution is -0.141. The molecule has 0 aliphatic rings. The minimum absolute atomic E-state index is 0.0498. The minimum Gasteiger partial charge on any atom is -0.493 e. The first-order valence-corrected chi connectivity index (χ1v) is 8.59. The lowest BCUT2D eigenvalue weighted by Crippen LogP contribution is -2.24. The summed E-state index contributed by atoms with van der Waals surface area (Å²) in [5.41, 5.74) is -0.546. The molecule has 152 valence electrons. The Morgan fingerprint density at radius 1 is 1.25 bits per heavy atom. The maximum absolute atomic E-state index is 12.6. The van der Waals surface area contributed by atoms with Crippen LogP contribution in [0.4, 0.5) is 22.0 Å². The zero-order chi connectivity index (χ0) is 20.7. The van der Waals surface area contributed by atoms with Crippen molar-refractivity contribution in [1.29, 1.82) is 0 Å². The number of hydrogen-bond donors (Lipinski definition) is 1. The van der Waals surface area contributed by atoms with Crippen LogP contribution in [-0.2, 0) is 17.5 Å². The van der Waals surface area contributed by atoms with Crippen LogP contribution < -0.4 is 14.8 Å². The molecule has 1 aromatic heterocycles. The first-order chi connectivity index (χ1) is 13.2. The van der Waals surface area contributed by atoms with Gasteiger partial charge in [0.25, 0.3) is 0 Å². The summed E-state index contributed by atoms with van der Waals surface area (Å²) in [5, 5.41) is 2.36. The van der Waals surface area contributed by atoms with E-state index in [1.165, 1.54) is 25.3 Å². The molecule has 0 bridgehead atoms. The molecule has 0 atom stereocenters. The number of halogens is 5. The molecule has 0 spiro atoms. The van der Waals surface area contributed by atoms with Crippen molar-refractivity contribution in [3.05, 3.63) is 41.7 Å². The average Bonchev–Trinajstić information content (AvgIpc) is 2.64. The van der Waals surface area contributed by atoms with Crippen molar-refractivity contribution in [2.45, 2.75) is 24.5 Å². The molecule has 6 nitrogen and oxygen atoms in total. The number of aromatic nitrogens is 2. The van der Waals surface area contributed by atoms with E-state index in [0.717, 1.165) is 24.0 Å². The highest BCUT2D eigenvalue weighted by Gasteiger charge is 2.32. The van der Waals surface area contributed by atoms with Crippen molar-refractivity contribution in [2.75, 3.05) is 12.9 Å². The van der Waals surface area contributed by atoms with Gasteiger partial charge in [0.1, 0.15) is 5.69 Å². The van der Waals surface area contributed by atoms with E-state index in [1.807, 2.05) is 0 Å². The first-order valence-electron chi connectivity index (χ1n) is 7.60. The number of hydrogen-bond acceptors (Lipinski definition) is 6. The van der Waals surface area contributed by atoms with Crippen molar-refractivity contribution in [1.82, 2.24) is 15.3 Å². The molecular weight excluding hydrogens is 409 g/mol. The predicted molar refractivity (Wildman–Crippen MR) is 89.2 cm³/mol. The molecular formula is C16H14F5N3O3S. The molecule has 0 saturated carbocycles. The van der Waals surface area contributed by atoms with Crippen molar-refractivity contribution in [3.8, 4) is 11.5 Å². The van der Waals surface area contributed by atoms with Crippen molar-refractivity contribution < 1.29 is 36.2 Å². The van der Waals surface area contributed by atoms with Crippen molar-refractivity contribution in [2.24, 2.45) is 0 Å². The van der Waals surface area contributed by atoms with Gasteiger partial charge in [0.15, 0.2) is 16.7 Å². The fourth-order valence-electron chi connectivity index (χ4n) is 1.97. The standard InChI is InChI=1S/C16H14F5N3O3S/c1-26-11-6-9(2-3-10(11)27-14(17)18)7-23-13(25)8-28-15-22-5-4-12(24-15)16(19,20)21/h2-6,14H,7-8H2,1H3,(H,23,25). The van der Waals surface area contributed by atoms with E-state index in [1.54, 1.807) is 0 Å². The predicted octanol–water partition coefficient (Wildman–Crippen LogP) is 3.51. The fraction of sp³-hybridized carbons (Fsp3) is 0.312. The van der Waals surface area contributed by atoms with E-state index < -0.39 is 24.4 Å². The summed E-state index contributed by atoms with van der Waals surface area (Å²) in [6.07, 6.45) is -3.63. The molecule has 0 radical (unpaired) electrons. The number of rotatable bonds is 8. The third kappa shape index (κ3) is 6.51. The zero-order valence-corrected chi connectivity index (χ0v) is 15.1. The van der Waals surface area contributed by atoms with Crippen LogP contribution in [0.2, 0.25) is 0 Å². The topological polar surface area (TPSA) is 73.3 Å². The SMILES string of the molecule is COc1cc(CNC(=O)CSc2nccc(C(F)(F)F)n2)ccc1OC(F)F. The van der Waals surface area contributed by atoms with Gasteiger partial charge in [-0.3, -0.25) is 4.79 Å². The molecule has 0 aliphatic heterocycles. The number of methoxy groups -OCH3 is 1. The molecule has 2 rings (SSSR count). The maximum atomic E-state index is 12.6. The van der Waals surface area contributed by atoms with Crippen LogP contribution in [0.1, 0.15) is 11.3 Å². The Morgan fingerprint density at radius 3 is 2.64 bits per heavy atom. The molecule has 1 amide bonds. The number of carbonyl (C=O) groups is 1. The smallest absolute Gasteiger partial charge is 0.433 e. The van der Waals surface area contributed by atoms with Crippen LogP contribution in [0, 0.1) is 0 Å². The summed E-state index contributed by atoms with van der Waals surface area (Å²) in [5.74, 6) is -0.758. The second-order valence-corrected chi connectivity index (χ2v) is 6.09. The average molecular weight is 423 g/mol. The van der Waals surface area contributed by atoms with Crippen LogP contribution in [0.25, 0.3) is 0 Å². The highest BCUT2D eigenvalue weighted by Crippen LogP contribution is 2.30. The van der Waals surface area contributed by atoms with E-state index >= 15 is 0 Å². The van der Waals surface area contributed by atoms with Gasteiger partial charge in [-0.25, -0.2) is 9.97 Å². The van der Waals surface area contributed by atoms with Gasteiger partial charge >= 0.3 is 12.8 Å². The third-order valence-electron chi connectivity index (χ3n) is 3.19. The van der Waals surface area contributed by atoms with Crippen LogP contribution in [0.3, 0.4) is 0 Å². The summed E-state index contributed by atoms with van der Waals surface area (Å²) >= 11 is 0.749. The lowest BCUT2D eigenvalue weighted by Gasteiger charge is -2.12. The van der Waals surface area contributed by atoms with Gasteiger partial charge in [-0.15, -0.1) is 0 Å². The molecule has 0 saturated heterocycles. The zero-order valence-electron chi connectivity index (χ0n) is 14.3. The molecule has 28 heavy (non-hydrogen) atoms. The second-order valence-electron chi connectivity index (χ2n) is 5.15. The maximum Gasteiger partial charge on any atom is 0.433 e. The van der Waals surface area contributed by atoms with Crippen LogP contribution in [-0.4, -0.2) is 35.3 Å². The minimum atomic E-state index is -4.60. The van der Waals surface area contributed by atoms with E-state index in [-0.39, 0.29) is 29.0 Å². The van der Waals surface area contributed by atoms with E-state index in [0.29, 0.717) is 5.56 Å². The fourth-order valence-corrected chi connectivity index (χ4v) is 2.63. The van der Waals surface area contributed by atoms with Gasteiger partial charge in [-0.2, -0.15) is 22.0 Å². The Labute approximate surface area is 160 Å². The summed E-state index contributed by atoms with van der Waals surface area (Å²) in [7, 11) is 1.28. The monoisotopic (exact) mass is 423 g/mol. The Morgan fingerprint density at radius 2 is 2.00 bits per heavy atom. The van der Waals surface area contributed by atoms with Gasteiger partial charge in [0.2, 0.25) is 5.91 Å². The summed E-state index contributed by atoms with van der Waals surface area (Å²) in [4.78, 5) is 18.9. The van der Waals surface area contributed by atoms with E-state index in [2.05, 4.69) is 20.0 Å². The van der Waals surface area contributed by atoms with Gasteiger partial charge in [-0.05, 0) is 23.8 Å². The Balaban J connectivity index is 1.89. The summed E-state index contributed by atoms with van der Waals surface area (Å²) in [6.45, 7) is -2.96. The van der Waals surface area contributed by atoms with E-state index in [4.69, 9.17) is 4.74 Å². The molecule has 0 fully saturated rings. The molecule has 2 aromatic rings. The second kappa shape index (κ2) is 9.53. The third-order valence-corrected chi connectivity index (χ3v) is 4.05. The summed E-state index contributed by atoms with van der Waals surface area (Å²) in [6, 6.07) is 4.89. The molecule has 0 unspecified atom stereocenters. The van der Waals surface area contributed by atoms with Crippen LogP contribution >= 0.6 is 11.8 Å². The van der Waals surface area contributed by atoms with Crippen LogP contribution in [0.5, 0.6) is 11.5 Å². The number of benzene rings is 1. The molecule has 1 heterocycles. The number of nitrogens with zero attached hydrogens (tertiary/aromatic N) is 2. The summed E-state index contributed by atoms with van der Waals surface area (Å²) < 4.78 is 71.6. The molecule has 1 N–H and O–H groups in total. The number of ether oxygens (including phenoxy) is 2. The van der Waals surface area contributed by atoms with Crippen molar-refractivity contribution in [3.63, 3.8) is 0 Å². The van der Waals surface area contributed by atoms with Gasteiger partial charge < -0.3 is 14.8 Å². The van der Waals surface area contributed by atoms with Gasteiger partial charge in [-0.1, -0.05) is 17.8 Å².